The third-order valence-corrected chi connectivity index (χ3v) is 4.92. The quantitative estimate of drug-likeness (QED) is 0.743. The highest BCUT2D eigenvalue weighted by Crippen LogP contribution is 2.31. The van der Waals surface area contributed by atoms with Crippen LogP contribution in [0, 0.1) is 5.92 Å². The van der Waals surface area contributed by atoms with Gasteiger partial charge in [-0.2, -0.15) is 0 Å². The summed E-state index contributed by atoms with van der Waals surface area (Å²) in [6, 6.07) is 0.485. The lowest BCUT2D eigenvalue weighted by Crippen LogP contribution is -2.44. The zero-order valence-electron chi connectivity index (χ0n) is 10.0. The van der Waals surface area contributed by atoms with Crippen LogP contribution in [-0.2, 0) is 0 Å². The summed E-state index contributed by atoms with van der Waals surface area (Å²) in [6.45, 7) is 6.85. The predicted molar refractivity (Wildman–Crippen MR) is 68.5 cm³/mol. The minimum absolute atomic E-state index is 0.326. The van der Waals surface area contributed by atoms with E-state index in [1.54, 1.807) is 0 Å². The zero-order valence-corrected chi connectivity index (χ0v) is 10.9. The van der Waals surface area contributed by atoms with E-state index in [-0.39, 0.29) is 0 Å². The molecule has 1 fully saturated rings. The molecule has 0 aromatic carbocycles. The molecule has 0 spiro atoms. The lowest BCUT2D eigenvalue weighted by Gasteiger charge is -2.31. The van der Waals surface area contributed by atoms with Crippen LogP contribution in [0.15, 0.2) is 4.99 Å². The molecule has 0 aromatic heterocycles. The van der Waals surface area contributed by atoms with Gasteiger partial charge in [-0.1, -0.05) is 31.5 Å². The summed E-state index contributed by atoms with van der Waals surface area (Å²) in [4.78, 5) is 4.74. The summed E-state index contributed by atoms with van der Waals surface area (Å²) >= 11 is 1.90. The van der Waals surface area contributed by atoms with Gasteiger partial charge in [0.25, 0.3) is 0 Å². The Morgan fingerprint density at radius 1 is 1.33 bits per heavy atom. The van der Waals surface area contributed by atoms with Crippen molar-refractivity contribution in [1.82, 2.24) is 5.32 Å². The van der Waals surface area contributed by atoms with Crippen LogP contribution >= 0.6 is 11.8 Å². The van der Waals surface area contributed by atoms with Crippen molar-refractivity contribution in [3.63, 3.8) is 0 Å². The third kappa shape index (κ3) is 2.68. The molecule has 2 atom stereocenters. The van der Waals surface area contributed by atoms with Crippen LogP contribution in [0.25, 0.3) is 0 Å². The summed E-state index contributed by atoms with van der Waals surface area (Å²) in [5.74, 6) is 1.93. The van der Waals surface area contributed by atoms with Crippen LogP contribution in [0.1, 0.15) is 46.5 Å². The number of nitrogens with zero attached hydrogens (tertiary/aromatic N) is 1. The van der Waals surface area contributed by atoms with Gasteiger partial charge in [-0.25, -0.2) is 0 Å². The Balaban J connectivity index is 1.97. The second-order valence-electron chi connectivity index (χ2n) is 5.36. The molecule has 1 aliphatic heterocycles. The van der Waals surface area contributed by atoms with Crippen LogP contribution in [0.2, 0.25) is 0 Å². The first-order valence-electron chi connectivity index (χ1n) is 6.08. The molecule has 1 aliphatic carbocycles. The number of thioether (sulfide) groups is 1. The Morgan fingerprint density at radius 2 is 2.00 bits per heavy atom. The fourth-order valence-corrected chi connectivity index (χ4v) is 3.56. The second-order valence-corrected chi connectivity index (χ2v) is 6.36. The van der Waals surface area contributed by atoms with E-state index < -0.39 is 0 Å². The van der Waals surface area contributed by atoms with Crippen LogP contribution in [0.5, 0.6) is 0 Å². The van der Waals surface area contributed by atoms with E-state index in [4.69, 9.17) is 4.99 Å². The summed E-state index contributed by atoms with van der Waals surface area (Å²) < 4.78 is 0. The summed E-state index contributed by atoms with van der Waals surface area (Å²) in [7, 11) is 0. The summed E-state index contributed by atoms with van der Waals surface area (Å²) in [6.07, 6.45) is 5.34. The molecule has 2 unspecified atom stereocenters. The molecule has 0 bridgehead atoms. The van der Waals surface area contributed by atoms with Gasteiger partial charge in [-0.3, -0.25) is 4.99 Å². The van der Waals surface area contributed by atoms with E-state index in [9.17, 15) is 0 Å². The Kier molecular flexibility index (Phi) is 3.29. The molecular formula is C12H22N2S. The molecule has 1 saturated carbocycles. The van der Waals surface area contributed by atoms with Gasteiger partial charge < -0.3 is 5.32 Å². The first kappa shape index (κ1) is 11.3. The van der Waals surface area contributed by atoms with Crippen molar-refractivity contribution < 1.29 is 0 Å². The van der Waals surface area contributed by atoms with Crippen molar-refractivity contribution in [2.75, 3.05) is 5.75 Å². The molecule has 1 heterocycles. The highest BCUT2D eigenvalue weighted by molar-refractivity contribution is 8.13. The van der Waals surface area contributed by atoms with E-state index in [0.717, 1.165) is 5.92 Å². The van der Waals surface area contributed by atoms with Gasteiger partial charge >= 0.3 is 0 Å². The highest BCUT2D eigenvalue weighted by atomic mass is 32.2. The van der Waals surface area contributed by atoms with Gasteiger partial charge in [0.05, 0.1) is 6.04 Å². The molecular weight excluding hydrogens is 204 g/mol. The van der Waals surface area contributed by atoms with Crippen LogP contribution in [-0.4, -0.2) is 22.5 Å². The van der Waals surface area contributed by atoms with Crippen molar-refractivity contribution >= 4 is 16.9 Å². The average Bonchev–Trinajstić information content (AvgIpc) is 2.59. The molecule has 2 aliphatic rings. The van der Waals surface area contributed by atoms with Crippen molar-refractivity contribution in [2.24, 2.45) is 10.9 Å². The van der Waals surface area contributed by atoms with Gasteiger partial charge in [-0.15, -0.1) is 0 Å². The standard InChI is InChI=1S/C12H22N2S/c1-9-8-15-11(13-10(9)2)14-12(3)6-4-5-7-12/h9-10H,4-8H2,1-3H3,(H,13,14). The minimum atomic E-state index is 0.326. The van der Waals surface area contributed by atoms with Gasteiger partial charge in [-0.05, 0) is 32.6 Å². The van der Waals surface area contributed by atoms with Gasteiger partial charge in [0.1, 0.15) is 0 Å². The second kappa shape index (κ2) is 4.36. The summed E-state index contributed by atoms with van der Waals surface area (Å²) in [5.41, 5.74) is 0.326. The molecule has 86 valence electrons. The van der Waals surface area contributed by atoms with E-state index >= 15 is 0 Å². The van der Waals surface area contributed by atoms with E-state index in [2.05, 4.69) is 26.1 Å². The number of rotatable bonds is 1. The fraction of sp³-hybridized carbons (Fsp3) is 0.917. The number of amidine groups is 1. The van der Waals surface area contributed by atoms with Crippen molar-refractivity contribution in [3.8, 4) is 0 Å². The molecule has 0 radical (unpaired) electrons. The maximum absolute atomic E-state index is 4.74. The normalized spacial score (nSPS) is 35.0. The monoisotopic (exact) mass is 226 g/mol. The lowest BCUT2D eigenvalue weighted by molar-refractivity contribution is 0.430. The zero-order chi connectivity index (χ0) is 10.9. The highest BCUT2D eigenvalue weighted by Gasteiger charge is 2.31. The van der Waals surface area contributed by atoms with Gasteiger partial charge in [0.2, 0.25) is 0 Å². The van der Waals surface area contributed by atoms with E-state index in [0.29, 0.717) is 11.6 Å². The van der Waals surface area contributed by atoms with E-state index in [1.165, 1.54) is 36.6 Å². The molecule has 2 nitrogen and oxygen atoms in total. The molecule has 0 amide bonds. The van der Waals surface area contributed by atoms with Crippen molar-refractivity contribution in [3.05, 3.63) is 0 Å². The smallest absolute Gasteiger partial charge is 0.157 e. The largest absolute Gasteiger partial charge is 0.360 e. The number of hydrogen-bond donors (Lipinski definition) is 1. The average molecular weight is 226 g/mol. The molecule has 0 aromatic rings. The number of hydrogen-bond acceptors (Lipinski definition) is 3. The molecule has 15 heavy (non-hydrogen) atoms. The molecule has 3 heteroatoms. The molecule has 2 rings (SSSR count). The third-order valence-electron chi connectivity index (χ3n) is 3.74. The SMILES string of the molecule is CC1CSC(NC2(C)CCCC2)=NC1C. The maximum atomic E-state index is 4.74. The summed E-state index contributed by atoms with van der Waals surface area (Å²) in [5, 5.41) is 4.84. The maximum Gasteiger partial charge on any atom is 0.157 e. The van der Waals surface area contributed by atoms with Gasteiger partial charge in [0.15, 0.2) is 5.17 Å². The van der Waals surface area contributed by atoms with Crippen molar-refractivity contribution in [2.45, 2.75) is 58.0 Å². The first-order chi connectivity index (χ1) is 7.09. The molecule has 0 saturated heterocycles. The lowest BCUT2D eigenvalue weighted by atomic mass is 10.0. The van der Waals surface area contributed by atoms with E-state index in [1.807, 2.05) is 11.8 Å². The first-order valence-corrected chi connectivity index (χ1v) is 7.06. The topological polar surface area (TPSA) is 24.4 Å². The number of nitrogens with one attached hydrogen (secondary N) is 1. The Hall–Kier alpha value is -0.180. The number of aliphatic imine (C=N–C) groups is 1. The van der Waals surface area contributed by atoms with Crippen LogP contribution in [0.4, 0.5) is 0 Å². The fourth-order valence-electron chi connectivity index (χ4n) is 2.31. The molecule has 1 N–H and O–H groups in total. The Bertz CT molecular complexity index is 256. The minimum Gasteiger partial charge on any atom is -0.360 e. The predicted octanol–water partition coefficient (Wildman–Crippen LogP) is 3.04. The van der Waals surface area contributed by atoms with Crippen molar-refractivity contribution in [1.29, 1.82) is 0 Å². The Morgan fingerprint density at radius 3 is 2.60 bits per heavy atom. The van der Waals surface area contributed by atoms with Crippen LogP contribution < -0.4 is 5.32 Å². The Labute approximate surface area is 97.3 Å². The van der Waals surface area contributed by atoms with Crippen LogP contribution in [0.3, 0.4) is 0 Å². The van der Waals surface area contributed by atoms with Gasteiger partial charge in [0, 0.05) is 11.3 Å².